The van der Waals surface area contributed by atoms with Crippen LogP contribution in [0, 0.1) is 0 Å². The summed E-state index contributed by atoms with van der Waals surface area (Å²) in [5.41, 5.74) is -0.0752. The van der Waals surface area contributed by atoms with Crippen LogP contribution in [0.4, 0.5) is 0 Å². The van der Waals surface area contributed by atoms with Crippen molar-refractivity contribution < 1.29 is 9.84 Å². The highest BCUT2D eigenvalue weighted by Crippen LogP contribution is 2.20. The predicted molar refractivity (Wildman–Crippen MR) is 125 cm³/mol. The SMILES string of the molecule is CN1CCC(O)CC1.CN1CCC(Oc2ccnc(Cl)c2)CC1.O=c1cc[nH]c(Cl)c1. The summed E-state index contributed by atoms with van der Waals surface area (Å²) in [5, 5.41) is 9.86. The first-order valence-corrected chi connectivity index (χ1v) is 11.2. The van der Waals surface area contributed by atoms with E-state index in [-0.39, 0.29) is 11.5 Å². The fourth-order valence-corrected chi connectivity index (χ4v) is 3.50. The van der Waals surface area contributed by atoms with E-state index in [9.17, 15) is 4.79 Å². The van der Waals surface area contributed by atoms with Crippen LogP contribution in [0.25, 0.3) is 0 Å². The molecule has 2 saturated heterocycles. The molecule has 2 aromatic rings. The van der Waals surface area contributed by atoms with E-state index in [2.05, 4.69) is 33.9 Å². The van der Waals surface area contributed by atoms with Crippen LogP contribution in [0.15, 0.2) is 41.5 Å². The molecule has 2 aliphatic heterocycles. The number of nitrogens with zero attached hydrogens (tertiary/aromatic N) is 3. The van der Waals surface area contributed by atoms with Crippen molar-refractivity contribution in [3.63, 3.8) is 0 Å². The van der Waals surface area contributed by atoms with Crippen molar-refractivity contribution >= 4 is 23.2 Å². The van der Waals surface area contributed by atoms with E-state index >= 15 is 0 Å². The topological polar surface area (TPSA) is 81.7 Å². The first-order chi connectivity index (χ1) is 14.8. The molecule has 2 fully saturated rings. The molecular formula is C22H32Cl2N4O3. The quantitative estimate of drug-likeness (QED) is 0.655. The highest BCUT2D eigenvalue weighted by Gasteiger charge is 2.18. The molecule has 0 radical (unpaired) electrons. The number of H-pyrrole nitrogens is 1. The van der Waals surface area contributed by atoms with Crippen molar-refractivity contribution in [1.82, 2.24) is 19.8 Å². The molecule has 0 unspecified atom stereocenters. The Morgan fingerprint density at radius 2 is 1.65 bits per heavy atom. The summed E-state index contributed by atoms with van der Waals surface area (Å²) >= 11 is 11.2. The summed E-state index contributed by atoms with van der Waals surface area (Å²) < 4.78 is 5.83. The maximum atomic E-state index is 10.4. The lowest BCUT2D eigenvalue weighted by Crippen LogP contribution is -2.35. The molecule has 0 spiro atoms. The predicted octanol–water partition coefficient (Wildman–Crippen LogP) is 3.31. The van der Waals surface area contributed by atoms with Crippen molar-refractivity contribution in [2.24, 2.45) is 0 Å². The van der Waals surface area contributed by atoms with E-state index in [1.807, 2.05) is 6.07 Å². The summed E-state index contributed by atoms with van der Waals surface area (Å²) in [7, 11) is 4.23. The number of aromatic nitrogens is 2. The molecule has 4 heterocycles. The van der Waals surface area contributed by atoms with E-state index in [1.54, 1.807) is 12.3 Å². The highest BCUT2D eigenvalue weighted by atomic mass is 35.5. The largest absolute Gasteiger partial charge is 0.490 e. The number of nitrogens with one attached hydrogen (secondary N) is 1. The van der Waals surface area contributed by atoms with Crippen molar-refractivity contribution in [3.05, 3.63) is 57.2 Å². The second-order valence-electron chi connectivity index (χ2n) is 7.84. The summed E-state index contributed by atoms with van der Waals surface area (Å²) in [6.45, 7) is 4.31. The minimum Gasteiger partial charge on any atom is -0.490 e. The van der Waals surface area contributed by atoms with E-state index in [4.69, 9.17) is 33.0 Å². The fourth-order valence-electron chi connectivity index (χ4n) is 3.17. The average molecular weight is 471 g/mol. The van der Waals surface area contributed by atoms with Gasteiger partial charge in [-0.2, -0.15) is 0 Å². The van der Waals surface area contributed by atoms with Gasteiger partial charge in [0.2, 0.25) is 0 Å². The number of aliphatic hydroxyl groups is 1. The molecule has 9 heteroatoms. The lowest BCUT2D eigenvalue weighted by Gasteiger charge is -2.29. The van der Waals surface area contributed by atoms with Crippen molar-refractivity contribution in [3.8, 4) is 5.75 Å². The van der Waals surface area contributed by atoms with Crippen molar-refractivity contribution in [1.29, 1.82) is 0 Å². The maximum absolute atomic E-state index is 10.4. The number of hydrogen-bond donors (Lipinski definition) is 2. The Morgan fingerprint density at radius 3 is 2.13 bits per heavy atom. The van der Waals surface area contributed by atoms with Gasteiger partial charge in [0.15, 0.2) is 5.43 Å². The third kappa shape index (κ3) is 11.0. The standard InChI is InChI=1S/C11H15ClN2O.C6H13NO.C5H4ClNO/c1-14-6-3-9(4-7-14)15-10-2-5-13-11(12)8-10;1-7-4-2-6(8)3-5-7;6-5-3-4(8)1-2-7-5/h2,5,8-9H,3-4,6-7H2,1H3;6,8H,2-5H2,1H3;1-3H,(H,7,8). The molecule has 172 valence electrons. The van der Waals surface area contributed by atoms with Gasteiger partial charge < -0.3 is 24.6 Å². The van der Waals surface area contributed by atoms with Crippen molar-refractivity contribution in [2.45, 2.75) is 37.9 Å². The first-order valence-electron chi connectivity index (χ1n) is 10.5. The fraction of sp³-hybridized carbons (Fsp3) is 0.545. The zero-order valence-corrected chi connectivity index (χ0v) is 19.6. The Kier molecular flexibility index (Phi) is 11.3. The molecule has 0 bridgehead atoms. The van der Waals surface area contributed by atoms with Gasteiger partial charge >= 0.3 is 0 Å². The number of aromatic amines is 1. The molecule has 0 amide bonds. The zero-order chi connectivity index (χ0) is 22.6. The van der Waals surface area contributed by atoms with Gasteiger partial charge in [-0.25, -0.2) is 4.98 Å². The van der Waals surface area contributed by atoms with Gasteiger partial charge in [-0.1, -0.05) is 23.2 Å². The van der Waals surface area contributed by atoms with Crippen LogP contribution in [-0.4, -0.2) is 77.4 Å². The van der Waals surface area contributed by atoms with Gasteiger partial charge in [-0.05, 0) is 45.8 Å². The molecule has 0 saturated carbocycles. The Balaban J connectivity index is 0.000000181. The number of likely N-dealkylation sites (tertiary alicyclic amines) is 2. The number of ether oxygens (including phenoxy) is 1. The summed E-state index contributed by atoms with van der Waals surface area (Å²) in [5.74, 6) is 0.824. The Hall–Kier alpha value is -1.64. The lowest BCUT2D eigenvalue weighted by atomic mass is 10.1. The number of hydrogen-bond acceptors (Lipinski definition) is 6. The van der Waals surface area contributed by atoms with Crippen LogP contribution in [0.2, 0.25) is 10.3 Å². The third-order valence-corrected chi connectivity index (χ3v) is 5.52. The van der Waals surface area contributed by atoms with Gasteiger partial charge in [-0.3, -0.25) is 4.79 Å². The zero-order valence-electron chi connectivity index (χ0n) is 18.1. The van der Waals surface area contributed by atoms with Gasteiger partial charge in [0.05, 0.1) is 6.10 Å². The molecule has 31 heavy (non-hydrogen) atoms. The number of pyridine rings is 2. The summed E-state index contributed by atoms with van der Waals surface area (Å²) in [4.78, 5) is 21.5. The second kappa shape index (κ2) is 13.7. The smallest absolute Gasteiger partial charge is 0.183 e. The van der Waals surface area contributed by atoms with Crippen LogP contribution in [0.3, 0.4) is 0 Å². The van der Waals surface area contributed by atoms with Crippen LogP contribution >= 0.6 is 23.2 Å². The number of rotatable bonds is 2. The molecule has 7 nitrogen and oxygen atoms in total. The van der Waals surface area contributed by atoms with E-state index in [1.165, 1.54) is 18.3 Å². The van der Waals surface area contributed by atoms with Gasteiger partial charge in [0, 0.05) is 56.8 Å². The first kappa shape index (κ1) is 25.6. The van der Waals surface area contributed by atoms with Crippen LogP contribution in [0.1, 0.15) is 25.7 Å². The normalized spacial score (nSPS) is 18.4. The monoisotopic (exact) mass is 470 g/mol. The molecule has 2 aromatic heterocycles. The van der Waals surface area contributed by atoms with Crippen LogP contribution in [-0.2, 0) is 0 Å². The molecule has 2 N–H and O–H groups in total. The highest BCUT2D eigenvalue weighted by molar-refractivity contribution is 6.29. The lowest BCUT2D eigenvalue weighted by molar-refractivity contribution is 0.0943. The van der Waals surface area contributed by atoms with Gasteiger partial charge in [0.25, 0.3) is 0 Å². The molecule has 0 aromatic carbocycles. The minimum absolute atomic E-state index is 0.0220. The second-order valence-corrected chi connectivity index (χ2v) is 8.64. The van der Waals surface area contributed by atoms with Crippen LogP contribution < -0.4 is 10.2 Å². The molecule has 4 rings (SSSR count). The van der Waals surface area contributed by atoms with Gasteiger partial charge in [-0.15, -0.1) is 0 Å². The maximum Gasteiger partial charge on any atom is 0.183 e. The Bertz CT molecular complexity index is 810. The minimum atomic E-state index is -0.0752. The number of halogens is 2. The van der Waals surface area contributed by atoms with Crippen molar-refractivity contribution in [2.75, 3.05) is 40.3 Å². The molecule has 2 aliphatic rings. The Labute approximate surface area is 194 Å². The Morgan fingerprint density at radius 1 is 1.03 bits per heavy atom. The van der Waals surface area contributed by atoms with E-state index in [0.29, 0.717) is 16.4 Å². The summed E-state index contributed by atoms with van der Waals surface area (Å²) in [6, 6.07) is 6.34. The average Bonchev–Trinajstić information content (AvgIpc) is 2.73. The number of aliphatic hydroxyl groups excluding tert-OH is 1. The third-order valence-electron chi connectivity index (χ3n) is 5.09. The summed E-state index contributed by atoms with van der Waals surface area (Å²) in [6.07, 6.45) is 7.54. The van der Waals surface area contributed by atoms with E-state index in [0.717, 1.165) is 57.6 Å². The van der Waals surface area contributed by atoms with Crippen LogP contribution in [0.5, 0.6) is 5.75 Å². The van der Waals surface area contributed by atoms with E-state index < -0.39 is 0 Å². The molecule has 0 atom stereocenters. The van der Waals surface area contributed by atoms with Gasteiger partial charge in [0.1, 0.15) is 22.2 Å². The molecule has 0 aliphatic carbocycles. The number of piperidine rings is 2. The molecular weight excluding hydrogens is 439 g/mol.